The van der Waals surface area contributed by atoms with E-state index in [1.807, 2.05) is 12.1 Å². The van der Waals surface area contributed by atoms with Crippen molar-refractivity contribution >= 4 is 35.6 Å². The number of nitrogens with zero attached hydrogens (tertiary/aromatic N) is 1. The van der Waals surface area contributed by atoms with Crippen molar-refractivity contribution in [1.82, 2.24) is 0 Å². The monoisotopic (exact) mass is 403 g/mol. The summed E-state index contributed by atoms with van der Waals surface area (Å²) in [7, 11) is 0. The summed E-state index contributed by atoms with van der Waals surface area (Å²) < 4.78 is 5.55. The number of hydrogen-bond acceptors (Lipinski definition) is 2. The Hall–Kier alpha value is -0.820. The Morgan fingerprint density at radius 3 is 2.67 bits per heavy atom. The molecule has 1 aliphatic carbocycles. The number of ether oxygens (including phenoxy) is 1. The first-order chi connectivity index (χ1) is 9.78. The fourth-order valence-electron chi connectivity index (χ4n) is 1.91. The van der Waals surface area contributed by atoms with Crippen LogP contribution in [0.4, 0.5) is 5.69 Å². The van der Waals surface area contributed by atoms with Gasteiger partial charge in [0.15, 0.2) is 5.96 Å². The fourth-order valence-corrected chi connectivity index (χ4v) is 1.91. The van der Waals surface area contributed by atoms with Crippen molar-refractivity contribution in [3.05, 3.63) is 29.8 Å². The second kappa shape index (κ2) is 10.00. The van der Waals surface area contributed by atoms with Gasteiger partial charge in [-0.25, -0.2) is 0 Å². The molecule has 2 rings (SSSR count). The predicted octanol–water partition coefficient (Wildman–Crippen LogP) is 3.41. The number of guanidine groups is 1. The Bertz CT molecular complexity index is 430. The first-order valence-electron chi connectivity index (χ1n) is 7.51. The summed E-state index contributed by atoms with van der Waals surface area (Å²) in [6.45, 7) is 4.54. The maximum absolute atomic E-state index is 5.85. The molecule has 118 valence electrons. The molecule has 1 fully saturated rings. The van der Waals surface area contributed by atoms with Gasteiger partial charge in [0.05, 0.1) is 0 Å². The molecular formula is C16H26IN3O. The number of halogens is 1. The summed E-state index contributed by atoms with van der Waals surface area (Å²) in [6.07, 6.45) is 4.65. The lowest BCUT2D eigenvalue weighted by molar-refractivity contribution is 0.123. The lowest BCUT2D eigenvalue weighted by Gasteiger charge is -2.06. The van der Waals surface area contributed by atoms with E-state index in [1.54, 1.807) is 0 Å². The number of hydrogen-bond donors (Lipinski definition) is 2. The number of aliphatic imine (C=N–C) groups is 1. The Balaban J connectivity index is 0.00000220. The van der Waals surface area contributed by atoms with Crippen molar-refractivity contribution in [3.63, 3.8) is 0 Å². The van der Waals surface area contributed by atoms with E-state index in [0.29, 0.717) is 12.5 Å². The maximum Gasteiger partial charge on any atom is 0.193 e. The van der Waals surface area contributed by atoms with Crippen LogP contribution in [0.2, 0.25) is 0 Å². The number of aryl methyl sites for hydroxylation is 1. The van der Waals surface area contributed by atoms with Crippen molar-refractivity contribution in [3.8, 4) is 0 Å². The van der Waals surface area contributed by atoms with Crippen LogP contribution in [0.1, 0.15) is 31.7 Å². The Morgan fingerprint density at radius 1 is 1.33 bits per heavy atom. The molecule has 5 heteroatoms. The van der Waals surface area contributed by atoms with Gasteiger partial charge in [0, 0.05) is 25.4 Å². The van der Waals surface area contributed by atoms with E-state index >= 15 is 0 Å². The summed E-state index contributed by atoms with van der Waals surface area (Å²) in [5, 5.41) is 3.10. The molecule has 4 nitrogen and oxygen atoms in total. The van der Waals surface area contributed by atoms with Crippen LogP contribution in [-0.2, 0) is 11.2 Å². The van der Waals surface area contributed by atoms with Crippen molar-refractivity contribution in [1.29, 1.82) is 0 Å². The zero-order valence-corrected chi connectivity index (χ0v) is 15.0. The van der Waals surface area contributed by atoms with E-state index in [-0.39, 0.29) is 24.0 Å². The van der Waals surface area contributed by atoms with E-state index in [4.69, 9.17) is 10.5 Å². The molecule has 21 heavy (non-hydrogen) atoms. The average Bonchev–Trinajstić information content (AvgIpc) is 3.27. The Morgan fingerprint density at radius 2 is 2.05 bits per heavy atom. The van der Waals surface area contributed by atoms with E-state index in [9.17, 15) is 0 Å². The number of nitrogens with two attached hydrogens (primary N) is 1. The second-order valence-corrected chi connectivity index (χ2v) is 5.31. The van der Waals surface area contributed by atoms with E-state index in [2.05, 4.69) is 29.4 Å². The van der Waals surface area contributed by atoms with Gasteiger partial charge in [-0.3, -0.25) is 4.99 Å². The molecule has 0 saturated heterocycles. The number of nitrogens with one attached hydrogen (secondary N) is 1. The van der Waals surface area contributed by atoms with Gasteiger partial charge in [-0.2, -0.15) is 0 Å². The largest absolute Gasteiger partial charge is 0.381 e. The molecule has 0 unspecified atom stereocenters. The third-order valence-electron chi connectivity index (χ3n) is 3.41. The highest BCUT2D eigenvalue weighted by atomic mass is 127. The zero-order valence-electron chi connectivity index (χ0n) is 12.7. The topological polar surface area (TPSA) is 59.6 Å². The quantitative estimate of drug-likeness (QED) is 0.303. The molecule has 0 atom stereocenters. The number of benzene rings is 1. The molecule has 0 aromatic heterocycles. The summed E-state index contributed by atoms with van der Waals surface area (Å²) in [5.41, 5.74) is 8.15. The first kappa shape index (κ1) is 18.2. The maximum atomic E-state index is 5.85. The molecule has 0 amide bonds. The van der Waals surface area contributed by atoms with Crippen LogP contribution in [0, 0.1) is 5.92 Å². The summed E-state index contributed by atoms with van der Waals surface area (Å²) in [6, 6.07) is 8.25. The minimum atomic E-state index is 0. The van der Waals surface area contributed by atoms with Crippen LogP contribution in [0.25, 0.3) is 0 Å². The molecule has 1 saturated carbocycles. The fraction of sp³-hybridized carbons (Fsp3) is 0.562. The van der Waals surface area contributed by atoms with E-state index in [1.165, 1.54) is 18.4 Å². The molecule has 0 bridgehead atoms. The van der Waals surface area contributed by atoms with Crippen LogP contribution < -0.4 is 11.1 Å². The van der Waals surface area contributed by atoms with Gasteiger partial charge in [0.2, 0.25) is 0 Å². The highest BCUT2D eigenvalue weighted by Crippen LogP contribution is 2.28. The SMILES string of the molecule is CCc1ccc(NC(N)=NCCCOCC2CC2)cc1.I. The first-order valence-corrected chi connectivity index (χ1v) is 7.51. The van der Waals surface area contributed by atoms with Crippen molar-refractivity contribution in [2.24, 2.45) is 16.6 Å². The number of anilines is 1. The van der Waals surface area contributed by atoms with E-state index < -0.39 is 0 Å². The standard InChI is InChI=1S/C16H25N3O.HI/c1-2-13-6-8-15(9-7-13)19-16(17)18-10-3-11-20-12-14-4-5-14;/h6-9,14H,2-5,10-12H2,1H3,(H3,17,18,19);1H. The Kier molecular flexibility index (Phi) is 8.68. The van der Waals surface area contributed by atoms with Crippen molar-refractivity contribution in [2.45, 2.75) is 32.6 Å². The summed E-state index contributed by atoms with van der Waals surface area (Å²) in [5.74, 6) is 1.30. The number of rotatable bonds is 8. The predicted molar refractivity (Wildman–Crippen MR) is 99.5 cm³/mol. The Labute approximate surface area is 144 Å². The van der Waals surface area contributed by atoms with Gasteiger partial charge in [-0.15, -0.1) is 24.0 Å². The molecule has 0 heterocycles. The summed E-state index contributed by atoms with van der Waals surface area (Å²) in [4.78, 5) is 4.30. The van der Waals surface area contributed by atoms with Crippen LogP contribution in [0.5, 0.6) is 0 Å². The smallest absolute Gasteiger partial charge is 0.193 e. The molecule has 3 N–H and O–H groups in total. The molecular weight excluding hydrogens is 377 g/mol. The summed E-state index contributed by atoms with van der Waals surface area (Å²) >= 11 is 0. The lowest BCUT2D eigenvalue weighted by Crippen LogP contribution is -2.23. The molecule has 0 radical (unpaired) electrons. The van der Waals surface area contributed by atoms with Gasteiger partial charge in [0.25, 0.3) is 0 Å². The highest BCUT2D eigenvalue weighted by molar-refractivity contribution is 14.0. The molecule has 0 spiro atoms. The van der Waals surface area contributed by atoms with Crippen LogP contribution in [0.3, 0.4) is 0 Å². The van der Waals surface area contributed by atoms with Gasteiger partial charge >= 0.3 is 0 Å². The van der Waals surface area contributed by atoms with Crippen molar-refractivity contribution in [2.75, 3.05) is 25.1 Å². The molecule has 1 aromatic rings. The van der Waals surface area contributed by atoms with E-state index in [0.717, 1.165) is 37.7 Å². The molecule has 1 aromatic carbocycles. The third-order valence-corrected chi connectivity index (χ3v) is 3.41. The highest BCUT2D eigenvalue weighted by Gasteiger charge is 2.20. The molecule has 0 aliphatic heterocycles. The average molecular weight is 403 g/mol. The normalized spacial score (nSPS) is 14.6. The molecule has 1 aliphatic rings. The lowest BCUT2D eigenvalue weighted by atomic mass is 10.1. The van der Waals surface area contributed by atoms with Crippen LogP contribution >= 0.6 is 24.0 Å². The zero-order chi connectivity index (χ0) is 14.2. The van der Waals surface area contributed by atoms with Crippen LogP contribution in [0.15, 0.2) is 29.3 Å². The van der Waals surface area contributed by atoms with Crippen LogP contribution in [-0.4, -0.2) is 25.7 Å². The van der Waals surface area contributed by atoms with Gasteiger partial charge in [0.1, 0.15) is 0 Å². The van der Waals surface area contributed by atoms with Gasteiger partial charge in [-0.1, -0.05) is 19.1 Å². The second-order valence-electron chi connectivity index (χ2n) is 5.31. The minimum Gasteiger partial charge on any atom is -0.381 e. The van der Waals surface area contributed by atoms with Gasteiger partial charge < -0.3 is 15.8 Å². The third kappa shape index (κ3) is 7.66. The van der Waals surface area contributed by atoms with Gasteiger partial charge in [-0.05, 0) is 49.3 Å². The van der Waals surface area contributed by atoms with Crippen molar-refractivity contribution < 1.29 is 4.74 Å². The minimum absolute atomic E-state index is 0.